The van der Waals surface area contributed by atoms with Gasteiger partial charge in [-0.15, -0.1) is 0 Å². The Hall–Kier alpha value is -0.765. The number of methoxy groups -OCH3 is 1. The Kier molecular flexibility index (Phi) is 8.73. The number of hydrogen-bond donors (Lipinski definition) is 0. The highest BCUT2D eigenvalue weighted by Crippen LogP contribution is 2.56. The average molecular weight is 391 g/mol. The van der Waals surface area contributed by atoms with E-state index in [2.05, 4.69) is 24.3 Å². The topological polar surface area (TPSA) is 9.23 Å². The minimum absolute atomic E-state index is 0.0437. The van der Waals surface area contributed by atoms with Crippen LogP contribution in [0.1, 0.15) is 64.2 Å². The molecular formula is C19H29BF4OP-. The van der Waals surface area contributed by atoms with E-state index in [-0.39, 0.29) is 7.92 Å². The Bertz CT molecular complexity index is 505. The Morgan fingerprint density at radius 2 is 1.23 bits per heavy atom. The second-order valence-electron chi connectivity index (χ2n) is 7.16. The molecular weight excluding hydrogens is 362 g/mol. The standard InChI is InChI=1S/C19H29OP.BF4/c1-20-18-14-8-9-15-19(18)21(16-10-4-2-5-11-16)17-12-6-3-7-13-17;2-1(3,4)5/h8-9,14-17H,2-7,10-13H2,1H3;/q;-1. The molecule has 2 aliphatic carbocycles. The van der Waals surface area contributed by atoms with Crippen LogP contribution in [0.5, 0.6) is 5.75 Å². The molecule has 2 aliphatic rings. The number of rotatable bonds is 4. The predicted molar refractivity (Wildman–Crippen MR) is 103 cm³/mol. The van der Waals surface area contributed by atoms with Gasteiger partial charge in [-0.2, -0.15) is 0 Å². The van der Waals surface area contributed by atoms with Crippen molar-refractivity contribution < 1.29 is 22.0 Å². The Morgan fingerprint density at radius 1 is 0.808 bits per heavy atom. The lowest BCUT2D eigenvalue weighted by atomic mass is 9.99. The first-order chi connectivity index (χ1) is 12.4. The third kappa shape index (κ3) is 7.10. The van der Waals surface area contributed by atoms with E-state index in [9.17, 15) is 17.3 Å². The molecule has 2 saturated carbocycles. The van der Waals surface area contributed by atoms with Gasteiger partial charge >= 0.3 is 7.25 Å². The quantitative estimate of drug-likeness (QED) is 0.313. The van der Waals surface area contributed by atoms with E-state index in [4.69, 9.17) is 4.74 Å². The molecule has 0 aliphatic heterocycles. The Labute approximate surface area is 155 Å². The molecule has 7 heteroatoms. The number of halogens is 4. The van der Waals surface area contributed by atoms with Gasteiger partial charge < -0.3 is 22.0 Å². The van der Waals surface area contributed by atoms with Gasteiger partial charge in [-0.05, 0) is 43.1 Å². The SMILES string of the molecule is COc1ccccc1P(C1CCCCC1)C1CCCCC1.F[B-](F)(F)F. The van der Waals surface area contributed by atoms with E-state index < -0.39 is 7.25 Å². The van der Waals surface area contributed by atoms with Crippen LogP contribution in [0.4, 0.5) is 17.3 Å². The van der Waals surface area contributed by atoms with Crippen molar-refractivity contribution in [1.82, 2.24) is 0 Å². The van der Waals surface area contributed by atoms with E-state index >= 15 is 0 Å². The summed E-state index contributed by atoms with van der Waals surface area (Å²) < 4.78 is 44.7. The number of ether oxygens (including phenoxy) is 1. The van der Waals surface area contributed by atoms with Crippen molar-refractivity contribution in [2.45, 2.75) is 75.5 Å². The van der Waals surface area contributed by atoms with E-state index in [1.165, 1.54) is 64.2 Å². The van der Waals surface area contributed by atoms with Crippen LogP contribution in [-0.2, 0) is 0 Å². The summed E-state index contributed by atoms with van der Waals surface area (Å²) in [5.41, 5.74) is 1.90. The van der Waals surface area contributed by atoms with Crippen LogP contribution < -0.4 is 10.0 Å². The maximum atomic E-state index is 9.75. The van der Waals surface area contributed by atoms with Crippen molar-refractivity contribution in [2.24, 2.45) is 0 Å². The zero-order chi connectivity index (χ0) is 19.0. The van der Waals surface area contributed by atoms with Crippen LogP contribution >= 0.6 is 7.92 Å². The van der Waals surface area contributed by atoms with Gasteiger partial charge in [-0.1, -0.05) is 64.6 Å². The van der Waals surface area contributed by atoms with E-state index in [0.29, 0.717) is 0 Å². The molecule has 0 heterocycles. The van der Waals surface area contributed by atoms with Crippen molar-refractivity contribution in [2.75, 3.05) is 7.11 Å². The van der Waals surface area contributed by atoms with Crippen molar-refractivity contribution in [3.8, 4) is 5.75 Å². The average Bonchev–Trinajstić information content (AvgIpc) is 2.63. The molecule has 0 amide bonds. The van der Waals surface area contributed by atoms with E-state index in [1.807, 2.05) is 7.11 Å². The lowest BCUT2D eigenvalue weighted by Crippen LogP contribution is -2.26. The van der Waals surface area contributed by atoms with Crippen LogP contribution in [0, 0.1) is 0 Å². The molecule has 0 spiro atoms. The summed E-state index contributed by atoms with van der Waals surface area (Å²) >= 11 is 0. The maximum Gasteiger partial charge on any atom is 0.673 e. The molecule has 0 atom stereocenters. The molecule has 1 aromatic rings. The first-order valence-electron chi connectivity index (χ1n) is 9.69. The third-order valence-corrected chi connectivity index (χ3v) is 8.83. The fourth-order valence-electron chi connectivity index (χ4n) is 4.25. The van der Waals surface area contributed by atoms with E-state index in [1.54, 1.807) is 5.30 Å². The summed E-state index contributed by atoms with van der Waals surface area (Å²) in [5, 5.41) is 1.56. The van der Waals surface area contributed by atoms with Gasteiger partial charge in [0.05, 0.1) is 7.11 Å². The number of hydrogen-bond acceptors (Lipinski definition) is 1. The van der Waals surface area contributed by atoms with Gasteiger partial charge in [0.25, 0.3) is 0 Å². The Balaban J connectivity index is 0.000000431. The fourth-order valence-corrected chi connectivity index (χ4v) is 8.16. The zero-order valence-corrected chi connectivity index (χ0v) is 16.4. The summed E-state index contributed by atoms with van der Waals surface area (Å²) in [4.78, 5) is 0. The monoisotopic (exact) mass is 391 g/mol. The predicted octanol–water partition coefficient (Wildman–Crippen LogP) is 6.77. The molecule has 0 N–H and O–H groups in total. The summed E-state index contributed by atoms with van der Waals surface area (Å²) in [6.07, 6.45) is 14.5. The van der Waals surface area contributed by atoms with Crippen molar-refractivity contribution >= 4 is 20.5 Å². The molecule has 3 rings (SSSR count). The lowest BCUT2D eigenvalue weighted by Gasteiger charge is -2.39. The van der Waals surface area contributed by atoms with Gasteiger partial charge in [0, 0.05) is 5.30 Å². The van der Waals surface area contributed by atoms with Gasteiger partial charge in [0.15, 0.2) is 0 Å². The normalized spacial score (nSPS) is 19.8. The highest BCUT2D eigenvalue weighted by atomic mass is 31.1. The van der Waals surface area contributed by atoms with Crippen LogP contribution in [0.3, 0.4) is 0 Å². The second-order valence-corrected chi connectivity index (χ2v) is 9.91. The molecule has 1 nitrogen and oxygen atoms in total. The molecule has 2 fully saturated rings. The molecule has 26 heavy (non-hydrogen) atoms. The molecule has 0 radical (unpaired) electrons. The minimum Gasteiger partial charge on any atom is -0.496 e. The van der Waals surface area contributed by atoms with Crippen LogP contribution in [0.2, 0.25) is 0 Å². The molecule has 0 unspecified atom stereocenters. The van der Waals surface area contributed by atoms with Crippen LogP contribution in [0.15, 0.2) is 24.3 Å². The molecule has 1 aromatic carbocycles. The summed E-state index contributed by atoms with van der Waals surface area (Å²) in [6, 6.07) is 8.89. The van der Waals surface area contributed by atoms with Crippen LogP contribution in [-0.4, -0.2) is 25.7 Å². The van der Waals surface area contributed by atoms with Gasteiger partial charge in [0.1, 0.15) is 5.75 Å². The van der Waals surface area contributed by atoms with Crippen molar-refractivity contribution in [3.63, 3.8) is 0 Å². The minimum atomic E-state index is -6.00. The molecule has 0 aromatic heterocycles. The maximum absolute atomic E-state index is 9.75. The Morgan fingerprint density at radius 3 is 1.65 bits per heavy atom. The van der Waals surface area contributed by atoms with Gasteiger partial charge in [-0.25, -0.2) is 0 Å². The molecule has 148 valence electrons. The summed E-state index contributed by atoms with van der Waals surface area (Å²) in [6.45, 7) is 0. The second kappa shape index (κ2) is 10.5. The number of para-hydroxylation sites is 1. The third-order valence-electron chi connectivity index (χ3n) is 5.30. The zero-order valence-electron chi connectivity index (χ0n) is 15.5. The van der Waals surface area contributed by atoms with Crippen molar-refractivity contribution in [1.29, 1.82) is 0 Å². The fraction of sp³-hybridized carbons (Fsp3) is 0.684. The first-order valence-corrected chi connectivity index (χ1v) is 11.2. The highest BCUT2D eigenvalue weighted by molar-refractivity contribution is 7.67. The molecule has 0 saturated heterocycles. The number of benzene rings is 1. The first kappa shape index (κ1) is 21.5. The van der Waals surface area contributed by atoms with E-state index in [0.717, 1.165) is 17.1 Å². The smallest absolute Gasteiger partial charge is 0.496 e. The molecule has 0 bridgehead atoms. The highest BCUT2D eigenvalue weighted by Gasteiger charge is 2.33. The van der Waals surface area contributed by atoms with Gasteiger partial charge in [0.2, 0.25) is 0 Å². The van der Waals surface area contributed by atoms with Gasteiger partial charge in [-0.3, -0.25) is 0 Å². The van der Waals surface area contributed by atoms with Crippen molar-refractivity contribution in [3.05, 3.63) is 24.3 Å². The summed E-state index contributed by atoms with van der Waals surface area (Å²) in [5.74, 6) is 1.15. The lowest BCUT2D eigenvalue weighted by molar-refractivity contribution is 0.368. The van der Waals surface area contributed by atoms with Crippen LogP contribution in [0.25, 0.3) is 0 Å². The largest absolute Gasteiger partial charge is 0.673 e. The summed E-state index contributed by atoms with van der Waals surface area (Å²) in [7, 11) is -4.20.